The van der Waals surface area contributed by atoms with Gasteiger partial charge in [-0.05, 0) is 39.1 Å². The normalized spacial score (nSPS) is 13.7. The number of nitrogens with zero attached hydrogens (tertiary/aromatic N) is 1. The Morgan fingerprint density at radius 2 is 1.36 bits per heavy atom. The highest BCUT2D eigenvalue weighted by atomic mass is 79.9. The quantitative estimate of drug-likeness (QED) is 0.147. The van der Waals surface area contributed by atoms with Crippen LogP contribution in [0.5, 0.6) is 0 Å². The molecule has 2 atom stereocenters. The molecular weight excluding hydrogens is 514 g/mol. The van der Waals surface area contributed by atoms with Crippen molar-refractivity contribution in [3.63, 3.8) is 0 Å². The average Bonchev–Trinajstić information content (AvgIpc) is 3.24. The van der Waals surface area contributed by atoms with Crippen molar-refractivity contribution >= 4 is 33.9 Å². The maximum Gasteiger partial charge on any atom is 0.324 e. The number of likely N-dealkylation sites (N-methyl/N-ethyl adjacent to an activating group) is 1. The Labute approximate surface area is 231 Å². The first kappa shape index (κ1) is 34.6. The van der Waals surface area contributed by atoms with Crippen LogP contribution >= 0.6 is 17.0 Å². The summed E-state index contributed by atoms with van der Waals surface area (Å²) in [6.45, 7) is 4.16. The van der Waals surface area contributed by atoms with E-state index in [4.69, 9.17) is 0 Å². The van der Waals surface area contributed by atoms with Crippen molar-refractivity contribution < 1.29 is 9.90 Å². The van der Waals surface area contributed by atoms with Gasteiger partial charge in [-0.25, -0.2) is 0 Å². The summed E-state index contributed by atoms with van der Waals surface area (Å²) in [4.78, 5) is 17.7. The van der Waals surface area contributed by atoms with Crippen molar-refractivity contribution in [2.75, 3.05) is 14.1 Å². The van der Waals surface area contributed by atoms with Crippen molar-refractivity contribution in [2.24, 2.45) is 0 Å². The number of aromatic amines is 1. The lowest BCUT2D eigenvalue weighted by atomic mass is 9.76. The molecule has 36 heavy (non-hydrogen) atoms. The number of carboxylic acid groups (broad SMARTS) is 1. The molecule has 1 aromatic heterocycles. The molecule has 1 aromatic carbocycles. The zero-order chi connectivity index (χ0) is 24.8. The molecule has 5 N–H and O–H groups in total. The first-order valence-corrected chi connectivity index (χ1v) is 13.9. The second-order valence-electron chi connectivity index (χ2n) is 10.6. The monoisotopic (exact) mass is 567 g/mol. The molecule has 2 aromatic rings. The Balaban J connectivity index is 0.00000612. The van der Waals surface area contributed by atoms with Crippen LogP contribution in [0.1, 0.15) is 122 Å². The van der Waals surface area contributed by atoms with Crippen molar-refractivity contribution in [3.05, 3.63) is 36.0 Å². The maximum atomic E-state index is 12.4. The average molecular weight is 569 g/mol. The van der Waals surface area contributed by atoms with Crippen LogP contribution < -0.4 is 6.15 Å². The van der Waals surface area contributed by atoms with Crippen molar-refractivity contribution in [3.8, 4) is 0 Å². The lowest BCUT2D eigenvalue weighted by Gasteiger charge is -2.39. The SMILES string of the molecule is Br.CCCCCCCCCCCCCCCCC(c1c[nH]c2ccccc12)C(C)(C(=O)O)N(C)C.N. The Kier molecular flexibility index (Phi) is 18.1. The summed E-state index contributed by atoms with van der Waals surface area (Å²) in [6, 6.07) is 8.23. The van der Waals surface area contributed by atoms with Gasteiger partial charge in [0, 0.05) is 23.0 Å². The zero-order valence-corrected chi connectivity index (χ0v) is 25.2. The van der Waals surface area contributed by atoms with Gasteiger partial charge in [0.25, 0.3) is 0 Å². The summed E-state index contributed by atoms with van der Waals surface area (Å²) in [5.74, 6) is -0.813. The minimum Gasteiger partial charge on any atom is -0.480 e. The Morgan fingerprint density at radius 3 is 1.83 bits per heavy atom. The summed E-state index contributed by atoms with van der Waals surface area (Å²) >= 11 is 0. The molecule has 0 aliphatic carbocycles. The number of para-hydroxylation sites is 1. The molecule has 0 amide bonds. The third-order valence-corrected chi connectivity index (χ3v) is 7.88. The number of halogens is 1. The van der Waals surface area contributed by atoms with Crippen molar-refractivity contribution in [1.82, 2.24) is 16.0 Å². The minimum atomic E-state index is -0.943. The highest BCUT2D eigenvalue weighted by Gasteiger charge is 2.44. The number of aliphatic carboxylic acids is 1. The summed E-state index contributed by atoms with van der Waals surface area (Å²) in [7, 11) is 3.78. The van der Waals surface area contributed by atoms with E-state index in [1.54, 1.807) is 0 Å². The lowest BCUT2D eigenvalue weighted by molar-refractivity contribution is -0.150. The largest absolute Gasteiger partial charge is 0.480 e. The molecule has 0 aliphatic rings. The van der Waals surface area contributed by atoms with E-state index in [9.17, 15) is 9.90 Å². The first-order valence-electron chi connectivity index (χ1n) is 13.9. The fourth-order valence-electron chi connectivity index (χ4n) is 5.32. The van der Waals surface area contributed by atoms with Crippen LogP contribution in [0, 0.1) is 0 Å². The van der Waals surface area contributed by atoms with Gasteiger partial charge in [-0.15, -0.1) is 17.0 Å². The number of benzene rings is 1. The predicted molar refractivity (Wildman–Crippen MR) is 161 cm³/mol. The van der Waals surface area contributed by atoms with E-state index in [0.29, 0.717) is 0 Å². The number of fused-ring (bicyclic) bond motifs is 1. The van der Waals surface area contributed by atoms with Crippen LogP contribution in [0.4, 0.5) is 0 Å². The molecule has 0 radical (unpaired) electrons. The second-order valence-corrected chi connectivity index (χ2v) is 10.6. The van der Waals surface area contributed by atoms with E-state index in [1.807, 2.05) is 44.2 Å². The molecule has 5 nitrogen and oxygen atoms in total. The molecule has 0 saturated carbocycles. The Morgan fingerprint density at radius 1 is 0.889 bits per heavy atom. The van der Waals surface area contributed by atoms with E-state index in [2.05, 4.69) is 24.0 Å². The second kappa shape index (κ2) is 18.8. The molecule has 0 bridgehead atoms. The summed E-state index contributed by atoms with van der Waals surface area (Å²) < 4.78 is 0. The van der Waals surface area contributed by atoms with E-state index >= 15 is 0 Å². The van der Waals surface area contributed by atoms with Gasteiger partial charge in [-0.3, -0.25) is 9.69 Å². The number of aromatic nitrogens is 1. The Hall–Kier alpha value is -1.37. The van der Waals surface area contributed by atoms with E-state index in [1.165, 1.54) is 83.5 Å². The predicted octanol–water partition coefficient (Wildman–Crippen LogP) is 9.27. The molecule has 2 rings (SSSR count). The van der Waals surface area contributed by atoms with Crippen molar-refractivity contribution in [2.45, 2.75) is 122 Å². The highest BCUT2D eigenvalue weighted by Crippen LogP contribution is 2.40. The zero-order valence-electron chi connectivity index (χ0n) is 23.5. The van der Waals surface area contributed by atoms with E-state index in [-0.39, 0.29) is 29.0 Å². The molecule has 0 spiro atoms. The minimum absolute atomic E-state index is 0. The lowest BCUT2D eigenvalue weighted by Crippen LogP contribution is -2.53. The number of nitrogens with one attached hydrogen (secondary N) is 1. The topological polar surface area (TPSA) is 91.3 Å². The van der Waals surface area contributed by atoms with Crippen LogP contribution in [0.2, 0.25) is 0 Å². The molecule has 6 heteroatoms. The smallest absolute Gasteiger partial charge is 0.324 e. The molecule has 0 saturated heterocycles. The van der Waals surface area contributed by atoms with Crippen molar-refractivity contribution in [1.29, 1.82) is 0 Å². The van der Waals surface area contributed by atoms with Crippen LogP contribution in [0.15, 0.2) is 30.5 Å². The van der Waals surface area contributed by atoms with Gasteiger partial charge in [0.05, 0.1) is 0 Å². The number of hydrogen-bond donors (Lipinski definition) is 3. The van der Waals surface area contributed by atoms with Crippen LogP contribution in [0.25, 0.3) is 10.9 Å². The number of carboxylic acids is 1. The van der Waals surface area contributed by atoms with Gasteiger partial charge < -0.3 is 16.2 Å². The van der Waals surface area contributed by atoms with Crippen LogP contribution in [0.3, 0.4) is 0 Å². The molecule has 0 fully saturated rings. The standard InChI is InChI=1S/C30H50N2O2.BrH.H3N/c1-5-6-7-8-9-10-11-12-13-14-15-16-17-18-22-27(30(2,29(33)34)32(3)4)26-24-31-28-23-20-19-21-25(26)28;;/h19-21,23-24,27,31H,5-18,22H2,1-4H3,(H,33,34);1H;1H3. The third kappa shape index (κ3) is 10.2. The van der Waals surface area contributed by atoms with Gasteiger partial charge in [0.15, 0.2) is 0 Å². The molecular formula is C30H54BrN3O2. The number of hydrogen-bond acceptors (Lipinski definition) is 3. The van der Waals surface area contributed by atoms with Crippen LogP contribution in [-0.4, -0.2) is 40.6 Å². The summed E-state index contributed by atoms with van der Waals surface area (Å²) in [5, 5.41) is 11.4. The fraction of sp³-hybridized carbons (Fsp3) is 0.700. The molecule has 208 valence electrons. The van der Waals surface area contributed by atoms with Crippen LogP contribution in [-0.2, 0) is 4.79 Å². The third-order valence-electron chi connectivity index (χ3n) is 7.88. The van der Waals surface area contributed by atoms with Gasteiger partial charge in [0.2, 0.25) is 0 Å². The van der Waals surface area contributed by atoms with E-state index in [0.717, 1.165) is 29.3 Å². The molecule has 1 heterocycles. The summed E-state index contributed by atoms with van der Waals surface area (Å²) in [5.41, 5.74) is 1.26. The maximum absolute atomic E-state index is 12.4. The van der Waals surface area contributed by atoms with Gasteiger partial charge in [0.1, 0.15) is 5.54 Å². The van der Waals surface area contributed by atoms with E-state index < -0.39 is 11.5 Å². The number of carbonyl (C=O) groups is 1. The highest BCUT2D eigenvalue weighted by molar-refractivity contribution is 8.93. The first-order chi connectivity index (χ1) is 16.4. The van der Waals surface area contributed by atoms with Gasteiger partial charge in [-0.2, -0.15) is 0 Å². The molecule has 0 aliphatic heterocycles. The number of rotatable bonds is 19. The Bertz CT molecular complexity index is 838. The summed E-state index contributed by atoms with van der Waals surface area (Å²) in [6.07, 6.45) is 21.6. The molecule has 2 unspecified atom stereocenters. The fourth-order valence-corrected chi connectivity index (χ4v) is 5.32. The number of H-pyrrole nitrogens is 1. The van der Waals surface area contributed by atoms with Gasteiger partial charge >= 0.3 is 5.97 Å². The number of unbranched alkanes of at least 4 members (excludes halogenated alkanes) is 13. The van der Waals surface area contributed by atoms with Gasteiger partial charge in [-0.1, -0.05) is 115 Å².